The maximum atomic E-state index is 13.2. The van der Waals surface area contributed by atoms with Gasteiger partial charge >= 0.3 is 0 Å². The summed E-state index contributed by atoms with van der Waals surface area (Å²) in [4.78, 5) is 0. The third kappa shape index (κ3) is 3.33. The first-order chi connectivity index (χ1) is 9.10. The van der Waals surface area contributed by atoms with Crippen molar-refractivity contribution in [2.45, 2.75) is 13.0 Å². The topological polar surface area (TPSA) is 35.8 Å². The predicted molar refractivity (Wildman–Crippen MR) is 77.3 cm³/mol. The molecule has 2 nitrogen and oxygen atoms in total. The molecule has 0 fully saturated rings. The van der Waals surface area contributed by atoms with Gasteiger partial charge < -0.3 is 5.32 Å². The Labute approximate surface area is 120 Å². The zero-order chi connectivity index (χ0) is 13.8. The molecule has 4 heteroatoms. The Bertz CT molecular complexity index is 634. The quantitative estimate of drug-likeness (QED) is 0.895. The summed E-state index contributed by atoms with van der Waals surface area (Å²) in [6.07, 6.45) is 0. The Morgan fingerprint density at radius 2 is 2.05 bits per heavy atom. The van der Waals surface area contributed by atoms with Gasteiger partial charge in [-0.2, -0.15) is 5.26 Å². The second-order valence-corrected chi connectivity index (χ2v) is 5.14. The van der Waals surface area contributed by atoms with Crippen LogP contribution in [0.1, 0.15) is 24.1 Å². The molecule has 0 amide bonds. The van der Waals surface area contributed by atoms with Crippen molar-refractivity contribution in [3.8, 4) is 6.07 Å². The zero-order valence-corrected chi connectivity index (χ0v) is 11.9. The lowest BCUT2D eigenvalue weighted by molar-refractivity contribution is 0.624. The fourth-order valence-corrected chi connectivity index (χ4v) is 2.23. The van der Waals surface area contributed by atoms with Gasteiger partial charge in [-0.3, -0.25) is 0 Å². The molecule has 19 heavy (non-hydrogen) atoms. The van der Waals surface area contributed by atoms with Gasteiger partial charge in [-0.15, -0.1) is 0 Å². The van der Waals surface area contributed by atoms with Gasteiger partial charge in [0, 0.05) is 16.2 Å². The number of rotatable bonds is 3. The molecule has 0 aliphatic carbocycles. The minimum Gasteiger partial charge on any atom is -0.378 e. The fourth-order valence-electron chi connectivity index (χ4n) is 1.81. The molecule has 1 N–H and O–H groups in total. The van der Waals surface area contributed by atoms with E-state index in [1.807, 2.05) is 37.3 Å². The van der Waals surface area contributed by atoms with Gasteiger partial charge in [0.05, 0.1) is 5.56 Å². The molecule has 0 aliphatic heterocycles. The maximum absolute atomic E-state index is 13.2. The third-order valence-corrected chi connectivity index (χ3v) is 3.31. The lowest BCUT2D eigenvalue weighted by Gasteiger charge is -2.16. The smallest absolute Gasteiger partial charge is 0.141 e. The van der Waals surface area contributed by atoms with Crippen LogP contribution in [0.25, 0.3) is 0 Å². The molecule has 1 unspecified atom stereocenters. The minimum atomic E-state index is -0.497. The van der Waals surface area contributed by atoms with Crippen molar-refractivity contribution in [2.75, 3.05) is 5.32 Å². The highest BCUT2D eigenvalue weighted by molar-refractivity contribution is 9.10. The van der Waals surface area contributed by atoms with Crippen molar-refractivity contribution < 1.29 is 4.39 Å². The highest BCUT2D eigenvalue weighted by Gasteiger charge is 2.08. The second kappa shape index (κ2) is 5.85. The summed E-state index contributed by atoms with van der Waals surface area (Å²) < 4.78 is 14.2. The lowest BCUT2D eigenvalue weighted by atomic mass is 10.1. The summed E-state index contributed by atoms with van der Waals surface area (Å²) >= 11 is 3.43. The summed E-state index contributed by atoms with van der Waals surface area (Å²) in [5.74, 6) is -0.497. The molecule has 0 saturated heterocycles. The molecule has 0 saturated carbocycles. The summed E-state index contributed by atoms with van der Waals surface area (Å²) in [6, 6.07) is 14.3. The summed E-state index contributed by atoms with van der Waals surface area (Å²) in [7, 11) is 0. The van der Waals surface area contributed by atoms with E-state index in [1.54, 1.807) is 6.07 Å². The predicted octanol–water partition coefficient (Wildman–Crippen LogP) is 4.63. The first-order valence-electron chi connectivity index (χ1n) is 5.82. The van der Waals surface area contributed by atoms with Crippen LogP contribution >= 0.6 is 15.9 Å². The molecular weight excluding hydrogens is 307 g/mol. The largest absolute Gasteiger partial charge is 0.378 e. The molecule has 2 aromatic rings. The number of halogens is 2. The molecule has 96 valence electrons. The van der Waals surface area contributed by atoms with E-state index in [9.17, 15) is 4.39 Å². The summed E-state index contributed by atoms with van der Waals surface area (Å²) in [6.45, 7) is 2.01. The summed E-state index contributed by atoms with van der Waals surface area (Å²) in [5, 5.41) is 12.1. The molecule has 0 aliphatic rings. The van der Waals surface area contributed by atoms with Crippen LogP contribution in [-0.2, 0) is 0 Å². The van der Waals surface area contributed by atoms with E-state index in [1.165, 1.54) is 12.1 Å². The lowest BCUT2D eigenvalue weighted by Crippen LogP contribution is -2.06. The van der Waals surface area contributed by atoms with E-state index in [2.05, 4.69) is 21.2 Å². The Morgan fingerprint density at radius 3 is 2.74 bits per heavy atom. The number of hydrogen-bond acceptors (Lipinski definition) is 2. The number of nitrogens with zero attached hydrogens (tertiary/aromatic N) is 1. The fraction of sp³-hybridized carbons (Fsp3) is 0.133. The standard InChI is InChI=1S/C15H12BrFN2/c1-10(11-3-2-4-13(16)7-11)19-14-5-6-15(17)12(8-14)9-18/h2-8,10,19H,1H3. The van der Waals surface area contributed by atoms with Crippen LogP contribution < -0.4 is 5.32 Å². The van der Waals surface area contributed by atoms with Gasteiger partial charge in [-0.05, 0) is 42.8 Å². The van der Waals surface area contributed by atoms with Crippen molar-refractivity contribution in [3.63, 3.8) is 0 Å². The van der Waals surface area contributed by atoms with E-state index in [4.69, 9.17) is 5.26 Å². The Morgan fingerprint density at radius 1 is 1.26 bits per heavy atom. The van der Waals surface area contributed by atoms with Gasteiger partial charge in [-0.1, -0.05) is 28.1 Å². The number of nitriles is 1. The number of nitrogens with one attached hydrogen (secondary N) is 1. The molecule has 0 spiro atoms. The molecule has 2 aromatic carbocycles. The number of hydrogen-bond donors (Lipinski definition) is 1. The van der Waals surface area contributed by atoms with Crippen LogP contribution in [0.2, 0.25) is 0 Å². The molecule has 0 bridgehead atoms. The Hall–Kier alpha value is -1.86. The second-order valence-electron chi connectivity index (χ2n) is 4.23. The van der Waals surface area contributed by atoms with Crippen molar-refractivity contribution in [1.82, 2.24) is 0 Å². The first-order valence-corrected chi connectivity index (χ1v) is 6.61. The molecule has 0 aromatic heterocycles. The zero-order valence-electron chi connectivity index (χ0n) is 10.3. The van der Waals surface area contributed by atoms with E-state index < -0.39 is 5.82 Å². The van der Waals surface area contributed by atoms with Crippen molar-refractivity contribution in [1.29, 1.82) is 5.26 Å². The summed E-state index contributed by atoms with van der Waals surface area (Å²) in [5.41, 5.74) is 1.88. The van der Waals surface area contributed by atoms with Crippen LogP contribution in [0.5, 0.6) is 0 Å². The highest BCUT2D eigenvalue weighted by atomic mass is 79.9. The molecule has 0 radical (unpaired) electrons. The first kappa shape index (κ1) is 13.6. The molecular formula is C15H12BrFN2. The Kier molecular flexibility index (Phi) is 4.18. The Balaban J connectivity index is 2.20. The van der Waals surface area contributed by atoms with Crippen molar-refractivity contribution >= 4 is 21.6 Å². The molecule has 1 atom stereocenters. The van der Waals surface area contributed by atoms with Crippen LogP contribution in [0, 0.1) is 17.1 Å². The third-order valence-electron chi connectivity index (χ3n) is 2.82. The maximum Gasteiger partial charge on any atom is 0.141 e. The van der Waals surface area contributed by atoms with Gasteiger partial charge in [0.1, 0.15) is 11.9 Å². The van der Waals surface area contributed by atoms with Crippen LogP contribution in [0.15, 0.2) is 46.9 Å². The highest BCUT2D eigenvalue weighted by Crippen LogP contribution is 2.23. The monoisotopic (exact) mass is 318 g/mol. The van der Waals surface area contributed by atoms with Gasteiger partial charge in [-0.25, -0.2) is 4.39 Å². The van der Waals surface area contributed by atoms with E-state index in [-0.39, 0.29) is 11.6 Å². The average molecular weight is 319 g/mol. The van der Waals surface area contributed by atoms with Crippen molar-refractivity contribution in [3.05, 3.63) is 63.9 Å². The van der Waals surface area contributed by atoms with E-state index >= 15 is 0 Å². The van der Waals surface area contributed by atoms with Gasteiger partial charge in [0.25, 0.3) is 0 Å². The van der Waals surface area contributed by atoms with Gasteiger partial charge in [0.2, 0.25) is 0 Å². The van der Waals surface area contributed by atoms with Crippen LogP contribution in [0.3, 0.4) is 0 Å². The SMILES string of the molecule is CC(Nc1ccc(F)c(C#N)c1)c1cccc(Br)c1. The van der Waals surface area contributed by atoms with Crippen molar-refractivity contribution in [2.24, 2.45) is 0 Å². The van der Waals surface area contributed by atoms with E-state index in [0.29, 0.717) is 0 Å². The van der Waals surface area contributed by atoms with E-state index in [0.717, 1.165) is 15.7 Å². The van der Waals surface area contributed by atoms with Crippen LogP contribution in [0.4, 0.5) is 10.1 Å². The molecule has 2 rings (SSSR count). The van der Waals surface area contributed by atoms with Crippen LogP contribution in [-0.4, -0.2) is 0 Å². The number of benzene rings is 2. The molecule has 0 heterocycles. The van der Waals surface area contributed by atoms with Gasteiger partial charge in [0.15, 0.2) is 0 Å². The number of anilines is 1. The minimum absolute atomic E-state index is 0.0476. The average Bonchev–Trinajstić information content (AvgIpc) is 2.41. The normalized spacial score (nSPS) is 11.7.